The molecule has 2 atom stereocenters. The van der Waals surface area contributed by atoms with E-state index < -0.39 is 0 Å². The molecule has 0 radical (unpaired) electrons. The summed E-state index contributed by atoms with van der Waals surface area (Å²) in [6.07, 6.45) is 2.58. The van der Waals surface area contributed by atoms with Gasteiger partial charge in [0.05, 0.1) is 6.10 Å². The third-order valence-electron chi connectivity index (χ3n) is 5.31. The Bertz CT molecular complexity index is 728. The second-order valence-corrected chi connectivity index (χ2v) is 6.99. The number of rotatable bonds is 3. The minimum absolute atomic E-state index is 0.0133. The summed E-state index contributed by atoms with van der Waals surface area (Å²) >= 11 is 0. The first kappa shape index (κ1) is 16.2. The van der Waals surface area contributed by atoms with Crippen molar-refractivity contribution in [3.63, 3.8) is 0 Å². The molecule has 0 aliphatic heterocycles. The number of carbonyl (C=O) groups excluding carboxylic acids is 1. The Balaban J connectivity index is 1.43. The van der Waals surface area contributed by atoms with Crippen LogP contribution in [-0.2, 0) is 4.74 Å². The normalized spacial score (nSPS) is 22.1. The molecule has 2 unspecified atom stereocenters. The summed E-state index contributed by atoms with van der Waals surface area (Å²) in [6, 6.07) is 16.6. The standard InChI is InChI=1S/C21H23NO3/c23-15-7-5-6-14(12-15)22-21(24)25-13-20-18-10-3-1-8-16(18)17-9-2-4-11-19(17)20/h1-4,8-11,14-15,20,23H,5-7,12-13H2,(H,22,24). The fourth-order valence-electron chi connectivity index (χ4n) is 4.10. The highest BCUT2D eigenvalue weighted by Gasteiger charge is 2.29. The van der Waals surface area contributed by atoms with Crippen molar-refractivity contribution in [2.75, 3.05) is 6.61 Å². The number of nitrogens with one attached hydrogen (secondary N) is 1. The van der Waals surface area contributed by atoms with Gasteiger partial charge in [-0.05, 0) is 47.9 Å². The van der Waals surface area contributed by atoms with E-state index in [0.29, 0.717) is 13.0 Å². The number of carbonyl (C=O) groups is 1. The number of hydrogen-bond acceptors (Lipinski definition) is 3. The van der Waals surface area contributed by atoms with Crippen LogP contribution in [0.1, 0.15) is 42.7 Å². The third-order valence-corrected chi connectivity index (χ3v) is 5.31. The molecule has 2 aromatic carbocycles. The molecule has 2 N–H and O–H groups in total. The van der Waals surface area contributed by atoms with E-state index in [9.17, 15) is 9.90 Å². The van der Waals surface area contributed by atoms with Gasteiger partial charge in [0.25, 0.3) is 0 Å². The summed E-state index contributed by atoms with van der Waals surface area (Å²) in [5.74, 6) is 0.0788. The number of amides is 1. The number of alkyl carbamates (subject to hydrolysis) is 1. The zero-order valence-electron chi connectivity index (χ0n) is 14.2. The Kier molecular flexibility index (Phi) is 4.45. The van der Waals surface area contributed by atoms with Crippen LogP contribution in [0.2, 0.25) is 0 Å². The number of aliphatic hydroxyl groups excluding tert-OH is 1. The largest absolute Gasteiger partial charge is 0.449 e. The molecule has 4 nitrogen and oxygen atoms in total. The molecule has 0 heterocycles. The van der Waals surface area contributed by atoms with Gasteiger partial charge in [-0.15, -0.1) is 0 Å². The van der Waals surface area contributed by atoms with Crippen molar-refractivity contribution < 1.29 is 14.6 Å². The smallest absolute Gasteiger partial charge is 0.407 e. The topological polar surface area (TPSA) is 58.6 Å². The summed E-state index contributed by atoms with van der Waals surface area (Å²) in [4.78, 5) is 12.2. The molecule has 25 heavy (non-hydrogen) atoms. The molecule has 130 valence electrons. The Hall–Kier alpha value is -2.33. The van der Waals surface area contributed by atoms with E-state index in [1.807, 2.05) is 24.3 Å². The average molecular weight is 337 g/mol. The van der Waals surface area contributed by atoms with Crippen molar-refractivity contribution in [2.45, 2.75) is 43.7 Å². The van der Waals surface area contributed by atoms with Crippen molar-refractivity contribution in [2.24, 2.45) is 0 Å². The molecular formula is C21H23NO3. The first-order chi connectivity index (χ1) is 12.2. The van der Waals surface area contributed by atoms with Crippen molar-refractivity contribution in [1.29, 1.82) is 0 Å². The maximum atomic E-state index is 12.2. The second kappa shape index (κ2) is 6.89. The number of fused-ring (bicyclic) bond motifs is 3. The van der Waals surface area contributed by atoms with Crippen molar-refractivity contribution in [1.82, 2.24) is 5.32 Å². The summed E-state index contributed by atoms with van der Waals surface area (Å²) in [5, 5.41) is 12.6. The van der Waals surface area contributed by atoms with Crippen LogP contribution in [0.25, 0.3) is 11.1 Å². The quantitative estimate of drug-likeness (QED) is 0.895. The highest BCUT2D eigenvalue weighted by atomic mass is 16.5. The van der Waals surface area contributed by atoms with E-state index >= 15 is 0 Å². The van der Waals surface area contributed by atoms with E-state index in [1.165, 1.54) is 22.3 Å². The molecule has 0 aromatic heterocycles. The SMILES string of the molecule is O=C(NC1CCCC(O)C1)OCC1c2ccccc2-c2ccccc21. The van der Waals surface area contributed by atoms with Gasteiger partial charge in [-0.2, -0.15) is 0 Å². The molecule has 1 fully saturated rings. The maximum Gasteiger partial charge on any atom is 0.407 e. The Morgan fingerprint density at radius 3 is 2.32 bits per heavy atom. The van der Waals surface area contributed by atoms with Gasteiger partial charge in [-0.25, -0.2) is 4.79 Å². The van der Waals surface area contributed by atoms with Gasteiger partial charge in [0.1, 0.15) is 6.61 Å². The molecule has 0 bridgehead atoms. The molecule has 1 amide bonds. The monoisotopic (exact) mass is 337 g/mol. The van der Waals surface area contributed by atoms with Gasteiger partial charge < -0.3 is 15.2 Å². The third kappa shape index (κ3) is 3.27. The van der Waals surface area contributed by atoms with Crippen molar-refractivity contribution in [3.05, 3.63) is 59.7 Å². The Labute approximate surface area is 147 Å². The molecule has 0 saturated heterocycles. The van der Waals surface area contributed by atoms with Crippen LogP contribution in [-0.4, -0.2) is 30.0 Å². The van der Waals surface area contributed by atoms with Crippen LogP contribution in [0.15, 0.2) is 48.5 Å². The first-order valence-corrected chi connectivity index (χ1v) is 9.02. The van der Waals surface area contributed by atoms with Crippen molar-refractivity contribution in [3.8, 4) is 11.1 Å². The average Bonchev–Trinajstić information content (AvgIpc) is 2.94. The van der Waals surface area contributed by atoms with Crippen LogP contribution < -0.4 is 5.32 Å². The number of benzene rings is 2. The molecule has 2 aliphatic rings. The number of ether oxygens (including phenoxy) is 1. The molecule has 2 aliphatic carbocycles. The molecule has 2 aromatic rings. The van der Waals surface area contributed by atoms with E-state index in [1.54, 1.807) is 0 Å². The predicted molar refractivity (Wildman–Crippen MR) is 96.5 cm³/mol. The van der Waals surface area contributed by atoms with Gasteiger partial charge in [0, 0.05) is 12.0 Å². The molecule has 4 heteroatoms. The van der Waals surface area contributed by atoms with E-state index in [2.05, 4.69) is 29.6 Å². The zero-order valence-corrected chi connectivity index (χ0v) is 14.2. The van der Waals surface area contributed by atoms with Crippen LogP contribution >= 0.6 is 0 Å². The van der Waals surface area contributed by atoms with Gasteiger partial charge in [0.2, 0.25) is 0 Å². The Morgan fingerprint density at radius 1 is 1.04 bits per heavy atom. The highest BCUT2D eigenvalue weighted by Crippen LogP contribution is 2.44. The zero-order chi connectivity index (χ0) is 17.2. The van der Waals surface area contributed by atoms with E-state index in [4.69, 9.17) is 4.74 Å². The molecule has 0 spiro atoms. The molecule has 4 rings (SSSR count). The van der Waals surface area contributed by atoms with Crippen molar-refractivity contribution >= 4 is 6.09 Å². The van der Waals surface area contributed by atoms with E-state index in [0.717, 1.165) is 19.3 Å². The number of aliphatic hydroxyl groups is 1. The van der Waals surface area contributed by atoms with Gasteiger partial charge in [-0.1, -0.05) is 48.5 Å². The minimum atomic E-state index is -0.388. The summed E-state index contributed by atoms with van der Waals surface area (Å²) < 4.78 is 5.55. The predicted octanol–water partition coefficient (Wildman–Crippen LogP) is 3.83. The van der Waals surface area contributed by atoms with Gasteiger partial charge >= 0.3 is 6.09 Å². The summed E-state index contributed by atoms with van der Waals surface area (Å²) in [7, 11) is 0. The fourth-order valence-corrected chi connectivity index (χ4v) is 4.10. The maximum absolute atomic E-state index is 12.2. The van der Waals surface area contributed by atoms with Crippen LogP contribution in [0.5, 0.6) is 0 Å². The number of hydrogen-bond donors (Lipinski definition) is 2. The summed E-state index contributed by atoms with van der Waals surface area (Å²) in [5.41, 5.74) is 4.87. The fraction of sp³-hybridized carbons (Fsp3) is 0.381. The second-order valence-electron chi connectivity index (χ2n) is 6.99. The summed E-state index contributed by atoms with van der Waals surface area (Å²) in [6.45, 7) is 0.329. The van der Waals surface area contributed by atoms with E-state index in [-0.39, 0.29) is 24.2 Å². The van der Waals surface area contributed by atoms with Gasteiger partial charge in [-0.3, -0.25) is 0 Å². The lowest BCUT2D eigenvalue weighted by Crippen LogP contribution is -2.40. The highest BCUT2D eigenvalue weighted by molar-refractivity contribution is 5.79. The lowest BCUT2D eigenvalue weighted by molar-refractivity contribution is 0.101. The first-order valence-electron chi connectivity index (χ1n) is 9.02. The lowest BCUT2D eigenvalue weighted by atomic mass is 9.93. The van der Waals surface area contributed by atoms with Crippen LogP contribution in [0, 0.1) is 0 Å². The van der Waals surface area contributed by atoms with Crippen LogP contribution in [0.4, 0.5) is 4.79 Å². The molecule has 1 saturated carbocycles. The minimum Gasteiger partial charge on any atom is -0.449 e. The van der Waals surface area contributed by atoms with Crippen LogP contribution in [0.3, 0.4) is 0 Å². The van der Waals surface area contributed by atoms with Gasteiger partial charge in [0.15, 0.2) is 0 Å². The molecular weight excluding hydrogens is 314 g/mol. The lowest BCUT2D eigenvalue weighted by Gasteiger charge is -2.26. The Morgan fingerprint density at radius 2 is 1.68 bits per heavy atom.